The number of nitrogens with two attached hydrogens (primary N) is 1. The average molecular weight is 306 g/mol. The molecule has 1 aliphatic heterocycles. The molecular weight excluding hydrogens is 284 g/mol. The molecule has 1 aromatic carbocycles. The summed E-state index contributed by atoms with van der Waals surface area (Å²) in [6, 6.07) is 6.38. The molecule has 1 atom stereocenters. The summed E-state index contributed by atoms with van der Waals surface area (Å²) in [5, 5.41) is 5.52. The summed E-state index contributed by atoms with van der Waals surface area (Å²) in [5.74, 6) is -0.307. The van der Waals surface area contributed by atoms with Crippen molar-refractivity contribution in [2.75, 3.05) is 43.5 Å². The number of carbonyl (C=O) groups excluding carboxylic acids is 2. The minimum Gasteiger partial charge on any atom is -0.379 e. The maximum absolute atomic E-state index is 12.0. The van der Waals surface area contributed by atoms with Crippen molar-refractivity contribution in [3.05, 3.63) is 24.3 Å². The Morgan fingerprint density at radius 2 is 1.73 bits per heavy atom. The molecule has 2 amide bonds. The zero-order valence-electron chi connectivity index (χ0n) is 12.7. The predicted molar refractivity (Wildman–Crippen MR) is 84.6 cm³/mol. The molecule has 0 bridgehead atoms. The van der Waals surface area contributed by atoms with E-state index in [1.54, 1.807) is 31.2 Å². The molecule has 0 aliphatic carbocycles. The standard InChI is InChI=1S/C15H22N4O3/c1-11(16)15(21)18-13-4-2-12(3-5-13)17-14(20)10-19-6-8-22-9-7-19/h2-5,11H,6-10,16H2,1H3,(H,17,20)(H,18,21). The first kappa shape index (κ1) is 16.4. The van der Waals surface area contributed by atoms with E-state index in [-0.39, 0.29) is 11.8 Å². The Labute approximate surface area is 129 Å². The molecule has 0 aromatic heterocycles. The van der Waals surface area contributed by atoms with Crippen molar-refractivity contribution in [3.63, 3.8) is 0 Å². The molecular formula is C15H22N4O3. The summed E-state index contributed by atoms with van der Waals surface area (Å²) < 4.78 is 5.24. The molecule has 120 valence electrons. The molecule has 0 spiro atoms. The molecule has 1 unspecified atom stereocenters. The van der Waals surface area contributed by atoms with Gasteiger partial charge in [-0.3, -0.25) is 14.5 Å². The van der Waals surface area contributed by atoms with Crippen molar-refractivity contribution in [1.29, 1.82) is 0 Å². The van der Waals surface area contributed by atoms with Crippen molar-refractivity contribution in [1.82, 2.24) is 4.90 Å². The van der Waals surface area contributed by atoms with E-state index < -0.39 is 6.04 Å². The second-order valence-electron chi connectivity index (χ2n) is 5.29. The lowest BCUT2D eigenvalue weighted by Crippen LogP contribution is -2.41. The third-order valence-electron chi connectivity index (χ3n) is 3.32. The number of amides is 2. The number of carbonyl (C=O) groups is 2. The summed E-state index contributed by atoms with van der Waals surface area (Å²) >= 11 is 0. The molecule has 1 saturated heterocycles. The fourth-order valence-corrected chi connectivity index (χ4v) is 2.06. The van der Waals surface area contributed by atoms with E-state index >= 15 is 0 Å². The lowest BCUT2D eigenvalue weighted by Gasteiger charge is -2.25. The van der Waals surface area contributed by atoms with Crippen LogP contribution in [0.15, 0.2) is 24.3 Å². The smallest absolute Gasteiger partial charge is 0.240 e. The average Bonchev–Trinajstić information content (AvgIpc) is 2.50. The van der Waals surface area contributed by atoms with Crippen molar-refractivity contribution in [2.24, 2.45) is 5.73 Å². The molecule has 1 aliphatic rings. The van der Waals surface area contributed by atoms with Gasteiger partial charge in [0.1, 0.15) is 0 Å². The van der Waals surface area contributed by atoms with Gasteiger partial charge in [-0.15, -0.1) is 0 Å². The van der Waals surface area contributed by atoms with Gasteiger partial charge in [-0.1, -0.05) is 0 Å². The molecule has 22 heavy (non-hydrogen) atoms. The number of morpholine rings is 1. The second kappa shape index (κ2) is 7.88. The number of benzene rings is 1. The van der Waals surface area contributed by atoms with E-state index in [4.69, 9.17) is 10.5 Å². The van der Waals surface area contributed by atoms with Crippen LogP contribution in [0, 0.1) is 0 Å². The van der Waals surface area contributed by atoms with E-state index in [0.29, 0.717) is 31.1 Å². The van der Waals surface area contributed by atoms with Gasteiger partial charge >= 0.3 is 0 Å². The first-order chi connectivity index (χ1) is 10.5. The van der Waals surface area contributed by atoms with Crippen LogP contribution in [0.4, 0.5) is 11.4 Å². The van der Waals surface area contributed by atoms with E-state index in [1.807, 2.05) is 0 Å². The number of hydrogen-bond donors (Lipinski definition) is 3. The highest BCUT2D eigenvalue weighted by molar-refractivity contribution is 5.95. The monoisotopic (exact) mass is 306 g/mol. The van der Waals surface area contributed by atoms with Crippen LogP contribution < -0.4 is 16.4 Å². The molecule has 0 saturated carbocycles. The lowest BCUT2D eigenvalue weighted by atomic mass is 10.2. The summed E-state index contributed by atoms with van der Waals surface area (Å²) in [7, 11) is 0. The van der Waals surface area contributed by atoms with Crippen LogP contribution in [0.25, 0.3) is 0 Å². The predicted octanol–water partition coefficient (Wildman–Crippen LogP) is 0.243. The van der Waals surface area contributed by atoms with Crippen LogP contribution in [-0.4, -0.2) is 55.6 Å². The Morgan fingerprint density at radius 1 is 1.18 bits per heavy atom. The van der Waals surface area contributed by atoms with Crippen molar-refractivity contribution < 1.29 is 14.3 Å². The van der Waals surface area contributed by atoms with E-state index in [2.05, 4.69) is 15.5 Å². The first-order valence-corrected chi connectivity index (χ1v) is 7.31. The molecule has 7 nitrogen and oxygen atoms in total. The molecule has 4 N–H and O–H groups in total. The first-order valence-electron chi connectivity index (χ1n) is 7.31. The molecule has 1 fully saturated rings. The highest BCUT2D eigenvalue weighted by Gasteiger charge is 2.14. The quantitative estimate of drug-likeness (QED) is 0.724. The molecule has 2 rings (SSSR count). The van der Waals surface area contributed by atoms with Gasteiger partial charge in [0, 0.05) is 24.5 Å². The molecule has 1 heterocycles. The highest BCUT2D eigenvalue weighted by Crippen LogP contribution is 2.13. The van der Waals surface area contributed by atoms with Crippen LogP contribution in [0.1, 0.15) is 6.92 Å². The van der Waals surface area contributed by atoms with Crippen LogP contribution in [-0.2, 0) is 14.3 Å². The van der Waals surface area contributed by atoms with E-state index in [0.717, 1.165) is 13.1 Å². The zero-order chi connectivity index (χ0) is 15.9. The number of hydrogen-bond acceptors (Lipinski definition) is 5. The third kappa shape index (κ3) is 5.10. The molecule has 7 heteroatoms. The topological polar surface area (TPSA) is 96.7 Å². The maximum Gasteiger partial charge on any atom is 0.240 e. The van der Waals surface area contributed by atoms with Crippen molar-refractivity contribution in [3.8, 4) is 0 Å². The number of nitrogens with one attached hydrogen (secondary N) is 2. The Bertz CT molecular complexity index is 510. The Morgan fingerprint density at radius 3 is 2.27 bits per heavy atom. The number of rotatable bonds is 5. The molecule has 0 radical (unpaired) electrons. The third-order valence-corrected chi connectivity index (χ3v) is 3.32. The van der Waals surface area contributed by atoms with Crippen LogP contribution in [0.3, 0.4) is 0 Å². The zero-order valence-corrected chi connectivity index (χ0v) is 12.7. The van der Waals surface area contributed by atoms with Gasteiger partial charge in [0.05, 0.1) is 25.8 Å². The van der Waals surface area contributed by atoms with Gasteiger partial charge in [0.2, 0.25) is 11.8 Å². The largest absolute Gasteiger partial charge is 0.379 e. The van der Waals surface area contributed by atoms with Crippen LogP contribution >= 0.6 is 0 Å². The maximum atomic E-state index is 12.0. The fourth-order valence-electron chi connectivity index (χ4n) is 2.06. The lowest BCUT2D eigenvalue weighted by molar-refractivity contribution is -0.118. The number of ether oxygens (including phenoxy) is 1. The Balaban J connectivity index is 1.82. The Hall–Kier alpha value is -1.96. The van der Waals surface area contributed by atoms with Crippen LogP contribution in [0.2, 0.25) is 0 Å². The number of anilines is 2. The van der Waals surface area contributed by atoms with Gasteiger partial charge in [0.15, 0.2) is 0 Å². The van der Waals surface area contributed by atoms with Crippen molar-refractivity contribution >= 4 is 23.2 Å². The normalized spacial score (nSPS) is 16.8. The fraction of sp³-hybridized carbons (Fsp3) is 0.467. The van der Waals surface area contributed by atoms with Crippen LogP contribution in [0.5, 0.6) is 0 Å². The SMILES string of the molecule is CC(N)C(=O)Nc1ccc(NC(=O)CN2CCOCC2)cc1. The summed E-state index contributed by atoms with van der Waals surface area (Å²) in [6.07, 6.45) is 0. The summed E-state index contributed by atoms with van der Waals surface area (Å²) in [6.45, 7) is 4.86. The van der Waals surface area contributed by atoms with E-state index in [1.165, 1.54) is 0 Å². The molecule has 1 aromatic rings. The second-order valence-corrected chi connectivity index (χ2v) is 5.29. The highest BCUT2D eigenvalue weighted by atomic mass is 16.5. The van der Waals surface area contributed by atoms with Gasteiger partial charge in [-0.05, 0) is 31.2 Å². The van der Waals surface area contributed by atoms with Gasteiger partial charge in [0.25, 0.3) is 0 Å². The van der Waals surface area contributed by atoms with E-state index in [9.17, 15) is 9.59 Å². The van der Waals surface area contributed by atoms with Crippen molar-refractivity contribution in [2.45, 2.75) is 13.0 Å². The Kier molecular flexibility index (Phi) is 5.88. The van der Waals surface area contributed by atoms with Gasteiger partial charge in [-0.25, -0.2) is 0 Å². The summed E-state index contributed by atoms with van der Waals surface area (Å²) in [4.78, 5) is 25.5. The van der Waals surface area contributed by atoms with Gasteiger partial charge in [-0.2, -0.15) is 0 Å². The summed E-state index contributed by atoms with van der Waals surface area (Å²) in [5.41, 5.74) is 6.82. The van der Waals surface area contributed by atoms with Gasteiger partial charge < -0.3 is 21.1 Å². The minimum absolute atomic E-state index is 0.0609. The number of nitrogens with zero attached hydrogens (tertiary/aromatic N) is 1. The minimum atomic E-state index is -0.562.